The van der Waals surface area contributed by atoms with Gasteiger partial charge in [-0.2, -0.15) is 11.8 Å². The van der Waals surface area contributed by atoms with Crippen molar-refractivity contribution in [3.05, 3.63) is 6.26 Å². The highest BCUT2D eigenvalue weighted by atomic mass is 32.2. The zero-order valence-corrected chi connectivity index (χ0v) is 8.12. The number of rotatable bonds is 6. The summed E-state index contributed by atoms with van der Waals surface area (Å²) in [6.45, 7) is 2.11. The van der Waals surface area contributed by atoms with Gasteiger partial charge in [-0.25, -0.2) is 0 Å². The zero-order valence-electron chi connectivity index (χ0n) is 7.31. The lowest BCUT2D eigenvalue weighted by molar-refractivity contribution is 0.591. The summed E-state index contributed by atoms with van der Waals surface area (Å²) in [6.07, 6.45) is 14.0. The predicted molar refractivity (Wildman–Crippen MR) is 54.3 cm³/mol. The van der Waals surface area contributed by atoms with Crippen molar-refractivity contribution >= 4 is 11.8 Å². The first kappa shape index (κ1) is 10.9. The van der Waals surface area contributed by atoms with E-state index in [9.17, 15) is 0 Å². The second kappa shape index (κ2) is 8.01. The molecule has 1 atom stereocenters. The van der Waals surface area contributed by atoms with Gasteiger partial charge in [0.2, 0.25) is 0 Å². The predicted octanol–water partition coefficient (Wildman–Crippen LogP) is 3.34. The Balaban J connectivity index is 2.97. The van der Waals surface area contributed by atoms with Gasteiger partial charge in [0, 0.05) is 12.2 Å². The van der Waals surface area contributed by atoms with Gasteiger partial charge in [0.25, 0.3) is 0 Å². The summed E-state index contributed by atoms with van der Waals surface area (Å²) in [6, 6.07) is 0. The Labute approximate surface area is 75.1 Å². The molecule has 63 valence electrons. The van der Waals surface area contributed by atoms with Crippen LogP contribution in [0.3, 0.4) is 0 Å². The third-order valence-corrected chi connectivity index (χ3v) is 2.29. The van der Waals surface area contributed by atoms with E-state index >= 15 is 0 Å². The van der Waals surface area contributed by atoms with Crippen LogP contribution in [0, 0.1) is 24.5 Å². The summed E-state index contributed by atoms with van der Waals surface area (Å²) < 4.78 is 0. The second-order valence-electron chi connectivity index (χ2n) is 2.83. The molecule has 0 aliphatic rings. The van der Waals surface area contributed by atoms with Crippen molar-refractivity contribution in [2.45, 2.75) is 32.6 Å². The summed E-state index contributed by atoms with van der Waals surface area (Å²) in [4.78, 5) is 0. The van der Waals surface area contributed by atoms with Gasteiger partial charge >= 0.3 is 0 Å². The highest BCUT2D eigenvalue weighted by Crippen LogP contribution is 2.10. The van der Waals surface area contributed by atoms with Crippen LogP contribution in [-0.2, 0) is 0 Å². The van der Waals surface area contributed by atoms with E-state index in [1.165, 1.54) is 31.4 Å². The summed E-state index contributed by atoms with van der Waals surface area (Å²) in [5.41, 5.74) is 0. The van der Waals surface area contributed by atoms with Crippen LogP contribution in [0.25, 0.3) is 0 Å². The lowest BCUT2D eigenvalue weighted by Crippen LogP contribution is -1.89. The smallest absolute Gasteiger partial charge is 0.0171 e. The minimum absolute atomic E-state index is 0.461. The molecule has 0 aliphatic carbocycles. The molecule has 0 N–H and O–H groups in total. The van der Waals surface area contributed by atoms with E-state index in [2.05, 4.69) is 19.1 Å². The van der Waals surface area contributed by atoms with E-state index in [1.807, 2.05) is 0 Å². The van der Waals surface area contributed by atoms with E-state index in [-0.39, 0.29) is 0 Å². The maximum Gasteiger partial charge on any atom is 0.0171 e. The van der Waals surface area contributed by atoms with E-state index in [0.29, 0.717) is 5.92 Å². The van der Waals surface area contributed by atoms with Gasteiger partial charge in [-0.1, -0.05) is 19.8 Å². The molecule has 0 spiro atoms. The van der Waals surface area contributed by atoms with E-state index < -0.39 is 0 Å². The summed E-state index contributed by atoms with van der Waals surface area (Å²) in [7, 11) is 0. The maximum absolute atomic E-state index is 5.25. The number of thioether (sulfide) groups is 1. The molecule has 11 heavy (non-hydrogen) atoms. The summed E-state index contributed by atoms with van der Waals surface area (Å²) in [5.74, 6) is 4.38. The van der Waals surface area contributed by atoms with Crippen LogP contribution >= 0.6 is 11.8 Å². The Morgan fingerprint density at radius 3 is 2.73 bits per heavy atom. The normalized spacial score (nSPS) is 12.5. The SMILES string of the molecule is C#CC(C)CCCCCS[CH2]. The molecule has 0 aromatic rings. The molecule has 1 unspecified atom stereocenters. The molecule has 0 fully saturated rings. The fourth-order valence-electron chi connectivity index (χ4n) is 0.915. The van der Waals surface area contributed by atoms with Gasteiger partial charge in [-0.15, -0.1) is 12.3 Å². The molecule has 0 aromatic heterocycles. The number of hydrogen-bond donors (Lipinski definition) is 0. The first-order chi connectivity index (χ1) is 5.31. The van der Waals surface area contributed by atoms with Crippen LogP contribution in [0.15, 0.2) is 0 Å². The van der Waals surface area contributed by atoms with Crippen LogP contribution < -0.4 is 0 Å². The van der Waals surface area contributed by atoms with Crippen LogP contribution in [0.4, 0.5) is 0 Å². The standard InChI is InChI=1S/C10H17S/c1-4-10(2)8-6-5-7-9-11-3/h1,10H,3,5-9H2,2H3. The van der Waals surface area contributed by atoms with E-state index in [4.69, 9.17) is 6.42 Å². The number of terminal acetylenes is 1. The topological polar surface area (TPSA) is 0 Å². The van der Waals surface area contributed by atoms with Crippen molar-refractivity contribution in [1.82, 2.24) is 0 Å². The molecule has 1 heteroatoms. The molecule has 0 saturated heterocycles. The number of unbranched alkanes of at least 4 members (excludes halogenated alkanes) is 2. The average molecular weight is 169 g/mol. The van der Waals surface area contributed by atoms with Gasteiger partial charge < -0.3 is 0 Å². The summed E-state index contributed by atoms with van der Waals surface area (Å²) >= 11 is 1.68. The van der Waals surface area contributed by atoms with Crippen molar-refractivity contribution in [2.75, 3.05) is 5.75 Å². The van der Waals surface area contributed by atoms with Gasteiger partial charge in [0.1, 0.15) is 0 Å². The van der Waals surface area contributed by atoms with Crippen molar-refractivity contribution in [3.8, 4) is 12.3 Å². The van der Waals surface area contributed by atoms with Gasteiger partial charge in [-0.05, 0) is 18.6 Å². The Morgan fingerprint density at radius 2 is 2.18 bits per heavy atom. The minimum Gasteiger partial charge on any atom is -0.161 e. The zero-order chi connectivity index (χ0) is 8.53. The fraction of sp³-hybridized carbons (Fsp3) is 0.700. The summed E-state index contributed by atoms with van der Waals surface area (Å²) in [5, 5.41) is 0. The van der Waals surface area contributed by atoms with E-state index in [0.717, 1.165) is 0 Å². The molecule has 0 aromatic carbocycles. The Kier molecular flexibility index (Phi) is 7.95. The molecular weight excluding hydrogens is 152 g/mol. The van der Waals surface area contributed by atoms with Crippen molar-refractivity contribution in [1.29, 1.82) is 0 Å². The fourth-order valence-corrected chi connectivity index (χ4v) is 1.32. The molecule has 1 radical (unpaired) electrons. The molecule has 0 rings (SSSR count). The highest BCUT2D eigenvalue weighted by molar-refractivity contribution is 8.00. The molecular formula is C10H17S. The van der Waals surface area contributed by atoms with Gasteiger partial charge in [0.15, 0.2) is 0 Å². The Morgan fingerprint density at radius 1 is 1.45 bits per heavy atom. The van der Waals surface area contributed by atoms with Crippen LogP contribution in [0.1, 0.15) is 32.6 Å². The molecule has 0 amide bonds. The molecule has 0 aliphatic heterocycles. The van der Waals surface area contributed by atoms with Crippen LogP contribution in [-0.4, -0.2) is 5.75 Å². The molecule has 0 bridgehead atoms. The molecule has 0 nitrogen and oxygen atoms in total. The lowest BCUT2D eigenvalue weighted by Gasteiger charge is -2.02. The average Bonchev–Trinajstić information content (AvgIpc) is 2.04. The minimum atomic E-state index is 0.461. The maximum atomic E-state index is 5.25. The Bertz CT molecular complexity index is 113. The molecule has 0 saturated carbocycles. The van der Waals surface area contributed by atoms with Crippen LogP contribution in [0.5, 0.6) is 0 Å². The third-order valence-electron chi connectivity index (χ3n) is 1.71. The number of hydrogen-bond acceptors (Lipinski definition) is 1. The third kappa shape index (κ3) is 7.81. The van der Waals surface area contributed by atoms with Crippen molar-refractivity contribution in [3.63, 3.8) is 0 Å². The van der Waals surface area contributed by atoms with Gasteiger partial charge in [-0.3, -0.25) is 0 Å². The lowest BCUT2D eigenvalue weighted by atomic mass is 10.0. The quantitative estimate of drug-likeness (QED) is 0.434. The first-order valence-corrected chi connectivity index (χ1v) is 5.29. The van der Waals surface area contributed by atoms with Crippen molar-refractivity contribution < 1.29 is 0 Å². The highest BCUT2D eigenvalue weighted by Gasteiger charge is 1.95. The van der Waals surface area contributed by atoms with E-state index in [1.54, 1.807) is 11.8 Å². The van der Waals surface area contributed by atoms with Gasteiger partial charge in [0.05, 0.1) is 0 Å². The monoisotopic (exact) mass is 169 g/mol. The largest absolute Gasteiger partial charge is 0.161 e. The Hall–Kier alpha value is -0.0900. The first-order valence-electron chi connectivity index (χ1n) is 4.14. The van der Waals surface area contributed by atoms with Crippen LogP contribution in [0.2, 0.25) is 0 Å². The second-order valence-corrected chi connectivity index (χ2v) is 3.64. The van der Waals surface area contributed by atoms with Crippen molar-refractivity contribution in [2.24, 2.45) is 5.92 Å². The molecule has 0 heterocycles.